The smallest absolute Gasteiger partial charge is 0.333 e. The van der Waals surface area contributed by atoms with Crippen LogP contribution in [0.5, 0.6) is 0 Å². The van der Waals surface area contributed by atoms with Crippen LogP contribution in [0.15, 0.2) is 29.4 Å². The van der Waals surface area contributed by atoms with Gasteiger partial charge in [0.05, 0.1) is 11.8 Å². The molecule has 0 aliphatic carbocycles. The van der Waals surface area contributed by atoms with E-state index in [4.69, 9.17) is 0 Å². The number of nitrogens with one attached hydrogen (secondary N) is 2. The molecule has 1 aromatic carbocycles. The van der Waals surface area contributed by atoms with Crippen LogP contribution < -0.4 is 10.0 Å². The highest BCUT2D eigenvalue weighted by Crippen LogP contribution is 2.33. The molecule has 2 aromatic rings. The minimum absolute atomic E-state index is 0.135. The number of sulfonamides is 1. The molecular formula is C20H26FN5O4S. The fourth-order valence-electron chi connectivity index (χ4n) is 2.94. The van der Waals surface area contributed by atoms with E-state index in [1.54, 1.807) is 0 Å². The fraction of sp³-hybridized carbons (Fsp3) is 0.400. The molecule has 31 heavy (non-hydrogen) atoms. The lowest BCUT2D eigenvalue weighted by Crippen LogP contribution is -2.37. The van der Waals surface area contributed by atoms with Crippen LogP contribution in [0, 0.1) is 5.82 Å². The predicted molar refractivity (Wildman–Crippen MR) is 114 cm³/mol. The fourth-order valence-corrected chi connectivity index (χ4v) is 3.93. The summed E-state index contributed by atoms with van der Waals surface area (Å²) in [4.78, 5) is 26.1. The van der Waals surface area contributed by atoms with Gasteiger partial charge in [0, 0.05) is 19.8 Å². The van der Waals surface area contributed by atoms with Gasteiger partial charge in [-0.1, -0.05) is 27.7 Å². The molecule has 11 heteroatoms. The summed E-state index contributed by atoms with van der Waals surface area (Å²) in [5, 5.41) is 8.91. The molecule has 3 amide bonds. The second-order valence-corrected chi connectivity index (χ2v) is 9.38. The second kappa shape index (κ2) is 9.38. The van der Waals surface area contributed by atoms with Gasteiger partial charge in [0.2, 0.25) is 5.03 Å². The van der Waals surface area contributed by atoms with E-state index in [9.17, 15) is 22.4 Å². The maximum Gasteiger partial charge on any atom is 0.333 e. The van der Waals surface area contributed by atoms with Gasteiger partial charge >= 0.3 is 6.03 Å². The molecule has 2 rings (SSSR count). The molecule has 2 N–H and O–H groups in total. The van der Waals surface area contributed by atoms with E-state index in [0.717, 1.165) is 0 Å². The van der Waals surface area contributed by atoms with Gasteiger partial charge in [-0.05, 0) is 41.2 Å². The first-order valence-corrected chi connectivity index (χ1v) is 11.0. The number of anilines is 1. The van der Waals surface area contributed by atoms with E-state index in [1.807, 2.05) is 32.4 Å². The largest absolute Gasteiger partial charge is 0.345 e. The van der Waals surface area contributed by atoms with Crippen LogP contribution in [-0.2, 0) is 10.0 Å². The second-order valence-electron chi connectivity index (χ2n) is 7.78. The first-order valence-electron chi connectivity index (χ1n) is 9.55. The topological polar surface area (TPSA) is 121 Å². The summed E-state index contributed by atoms with van der Waals surface area (Å²) < 4.78 is 41.5. The number of benzene rings is 1. The van der Waals surface area contributed by atoms with E-state index in [-0.39, 0.29) is 17.4 Å². The van der Waals surface area contributed by atoms with E-state index < -0.39 is 32.8 Å². The highest BCUT2D eigenvalue weighted by Gasteiger charge is 2.28. The summed E-state index contributed by atoms with van der Waals surface area (Å²) in [6.07, 6.45) is 1.18. The maximum absolute atomic E-state index is 14.1. The molecule has 0 atom stereocenters. The number of halogens is 1. The number of urea groups is 1. The van der Waals surface area contributed by atoms with Crippen molar-refractivity contribution in [3.8, 4) is 0 Å². The van der Waals surface area contributed by atoms with Crippen molar-refractivity contribution in [2.24, 2.45) is 0 Å². The summed E-state index contributed by atoms with van der Waals surface area (Å²) in [5.41, 5.74) is 1.16. The molecule has 0 fully saturated rings. The number of carbonyl (C=O) groups excluding carboxylic acids is 2. The normalized spacial score (nSPS) is 11.5. The zero-order valence-electron chi connectivity index (χ0n) is 18.2. The molecule has 0 radical (unpaired) electrons. The highest BCUT2D eigenvalue weighted by molar-refractivity contribution is 7.90. The van der Waals surface area contributed by atoms with Gasteiger partial charge in [-0.3, -0.25) is 4.79 Å². The zero-order valence-corrected chi connectivity index (χ0v) is 19.0. The highest BCUT2D eigenvalue weighted by atomic mass is 32.2. The number of aromatic nitrogens is 2. The summed E-state index contributed by atoms with van der Waals surface area (Å²) in [5.74, 6) is -1.33. The van der Waals surface area contributed by atoms with E-state index in [2.05, 4.69) is 15.5 Å². The monoisotopic (exact) mass is 451 g/mol. The Morgan fingerprint density at radius 2 is 1.61 bits per heavy atom. The molecule has 9 nitrogen and oxygen atoms in total. The van der Waals surface area contributed by atoms with Gasteiger partial charge in [0.15, 0.2) is 0 Å². The summed E-state index contributed by atoms with van der Waals surface area (Å²) in [6, 6.07) is 2.74. The maximum atomic E-state index is 14.1. The number of carbonyl (C=O) groups is 2. The summed E-state index contributed by atoms with van der Waals surface area (Å²) in [6.45, 7) is 7.32. The first kappa shape index (κ1) is 24.2. The summed E-state index contributed by atoms with van der Waals surface area (Å²) >= 11 is 0. The average Bonchev–Trinajstić information content (AvgIpc) is 2.67. The Kier molecular flexibility index (Phi) is 7.32. The van der Waals surface area contributed by atoms with Gasteiger partial charge < -0.3 is 10.2 Å². The SMILES string of the molecule is CC(C)c1cc(F)cc(C(C)C)c1NC(=O)NS(=O)(=O)c1nnccc1C(=O)N(C)C. The van der Waals surface area contributed by atoms with Crippen molar-refractivity contribution < 1.29 is 22.4 Å². The molecule has 0 bridgehead atoms. The van der Waals surface area contributed by atoms with Crippen molar-refractivity contribution in [1.29, 1.82) is 0 Å². The number of nitrogens with zero attached hydrogens (tertiary/aromatic N) is 3. The van der Waals surface area contributed by atoms with Gasteiger partial charge in [0.1, 0.15) is 5.82 Å². The Hall–Kier alpha value is -3.08. The third-order valence-corrected chi connectivity index (χ3v) is 5.72. The van der Waals surface area contributed by atoms with Crippen LogP contribution >= 0.6 is 0 Å². The third kappa shape index (κ3) is 5.54. The standard InChI is InChI=1S/C20H26FN5O4S/c1-11(2)15-9-13(21)10-16(12(3)4)17(15)23-20(28)25-31(29,30)18-14(7-8-22-24-18)19(27)26(5)6/h7-12H,1-6H3,(H2,23,25,28). The van der Waals surface area contributed by atoms with Crippen molar-refractivity contribution in [2.75, 3.05) is 19.4 Å². The van der Waals surface area contributed by atoms with Crippen molar-refractivity contribution in [1.82, 2.24) is 19.8 Å². The minimum Gasteiger partial charge on any atom is -0.345 e. The Bertz CT molecular complexity index is 1070. The number of amides is 3. The Labute approximate surface area is 181 Å². The minimum atomic E-state index is -4.52. The molecule has 0 unspecified atom stereocenters. The van der Waals surface area contributed by atoms with Gasteiger partial charge in [0.25, 0.3) is 15.9 Å². The number of rotatable bonds is 6. The van der Waals surface area contributed by atoms with Crippen molar-refractivity contribution >= 4 is 27.6 Å². The molecule has 1 heterocycles. The number of hydrogen-bond acceptors (Lipinski definition) is 6. The van der Waals surface area contributed by atoms with Crippen molar-refractivity contribution in [2.45, 2.75) is 44.6 Å². The molecule has 0 spiro atoms. The molecule has 168 valence electrons. The van der Waals surface area contributed by atoms with Crippen LogP contribution in [0.2, 0.25) is 0 Å². The molecule has 0 aliphatic rings. The van der Waals surface area contributed by atoms with Crippen LogP contribution in [0.3, 0.4) is 0 Å². The van der Waals surface area contributed by atoms with E-state index in [0.29, 0.717) is 16.8 Å². The van der Waals surface area contributed by atoms with Gasteiger partial charge in [-0.2, -0.15) is 13.5 Å². The van der Waals surface area contributed by atoms with Gasteiger partial charge in [-0.25, -0.2) is 13.9 Å². The lowest BCUT2D eigenvalue weighted by atomic mass is 9.92. The Morgan fingerprint density at radius 3 is 2.10 bits per heavy atom. The zero-order chi connectivity index (χ0) is 23.5. The van der Waals surface area contributed by atoms with Gasteiger partial charge in [-0.15, -0.1) is 5.10 Å². The first-order chi connectivity index (χ1) is 14.3. The molecule has 0 saturated heterocycles. The lowest BCUT2D eigenvalue weighted by Gasteiger charge is -2.21. The Balaban J connectivity index is 2.41. The summed E-state index contributed by atoms with van der Waals surface area (Å²) in [7, 11) is -1.61. The molecule has 0 saturated carbocycles. The molecule has 0 aliphatic heterocycles. The third-order valence-electron chi connectivity index (χ3n) is 4.45. The van der Waals surface area contributed by atoms with Crippen LogP contribution in [0.1, 0.15) is 61.0 Å². The molecule has 1 aromatic heterocycles. The van der Waals surface area contributed by atoms with Crippen LogP contribution in [0.4, 0.5) is 14.9 Å². The van der Waals surface area contributed by atoms with Crippen LogP contribution in [-0.4, -0.2) is 49.5 Å². The van der Waals surface area contributed by atoms with Crippen LogP contribution in [0.25, 0.3) is 0 Å². The number of hydrogen-bond donors (Lipinski definition) is 2. The molecular weight excluding hydrogens is 425 g/mol. The lowest BCUT2D eigenvalue weighted by molar-refractivity contribution is 0.0822. The quantitative estimate of drug-likeness (QED) is 0.696. The predicted octanol–water partition coefficient (Wildman–Crippen LogP) is 3.07. The average molecular weight is 452 g/mol. The van der Waals surface area contributed by atoms with Crippen molar-refractivity contribution in [3.05, 3.63) is 46.9 Å². The Morgan fingerprint density at radius 1 is 1.06 bits per heavy atom. The van der Waals surface area contributed by atoms with E-state index in [1.165, 1.54) is 43.4 Å². The van der Waals surface area contributed by atoms with E-state index >= 15 is 0 Å². The van der Waals surface area contributed by atoms with Crippen molar-refractivity contribution in [3.63, 3.8) is 0 Å².